The van der Waals surface area contributed by atoms with Crippen LogP contribution in [0.5, 0.6) is 0 Å². The SMILES string of the molecule is CCCCCC[C@](C)(O)[C@H]1CCC2C3C[C@H](OC(=O)CCC(=O)NCCCC(O)(P(=O)(O)O)P(=O)(O)O)[C@H]4C[C@@H](O)CC[C@]4(C)C3CC[C@@]21C. The van der Waals surface area contributed by atoms with Crippen molar-refractivity contribution in [2.75, 3.05) is 6.54 Å². The number of esters is 1. The predicted octanol–water partition coefficient (Wildman–Crippen LogP) is 4.93. The van der Waals surface area contributed by atoms with Crippen LogP contribution in [0.4, 0.5) is 0 Å². The van der Waals surface area contributed by atoms with Gasteiger partial charge in [-0.25, -0.2) is 0 Å². The molecule has 0 heterocycles. The summed E-state index contributed by atoms with van der Waals surface area (Å²) < 4.78 is 29.3. The third-order valence-corrected chi connectivity index (χ3v) is 17.6. The lowest BCUT2D eigenvalue weighted by Gasteiger charge is -2.63. The molecule has 13 nitrogen and oxygen atoms in total. The number of rotatable bonds is 16. The largest absolute Gasteiger partial charge is 0.462 e. The number of fused-ring (bicyclic) bond motifs is 5. The Balaban J connectivity index is 1.38. The van der Waals surface area contributed by atoms with Crippen LogP contribution in [0.3, 0.4) is 0 Å². The Kier molecular flexibility index (Phi) is 13.3. The molecular weight excluding hydrogens is 688 g/mol. The zero-order valence-electron chi connectivity index (χ0n) is 30.3. The molecule has 0 aromatic heterocycles. The van der Waals surface area contributed by atoms with Gasteiger partial charge in [-0.1, -0.05) is 46.5 Å². The van der Waals surface area contributed by atoms with E-state index < -0.39 is 56.4 Å². The van der Waals surface area contributed by atoms with Crippen LogP contribution in [0.25, 0.3) is 0 Å². The second-order valence-corrected chi connectivity index (χ2v) is 20.8. The summed E-state index contributed by atoms with van der Waals surface area (Å²) in [5.74, 6) is 0.299. The van der Waals surface area contributed by atoms with Gasteiger partial charge < -0.3 is 44.9 Å². The fourth-order valence-corrected chi connectivity index (χ4v) is 13.3. The van der Waals surface area contributed by atoms with Gasteiger partial charge >= 0.3 is 21.2 Å². The van der Waals surface area contributed by atoms with Gasteiger partial charge in [0.05, 0.1) is 18.1 Å². The van der Waals surface area contributed by atoms with Gasteiger partial charge in [-0.05, 0) is 106 Å². The summed E-state index contributed by atoms with van der Waals surface area (Å²) in [5.41, 5.74) is -0.840. The first-order chi connectivity index (χ1) is 23.1. The Labute approximate surface area is 297 Å². The summed E-state index contributed by atoms with van der Waals surface area (Å²) in [7, 11) is -11.2. The van der Waals surface area contributed by atoms with E-state index in [4.69, 9.17) is 4.74 Å². The third-order valence-electron chi connectivity index (χ3n) is 13.7. The van der Waals surface area contributed by atoms with E-state index in [1.807, 2.05) is 6.92 Å². The molecule has 4 rings (SSSR count). The van der Waals surface area contributed by atoms with Crippen molar-refractivity contribution < 1.29 is 58.3 Å². The summed E-state index contributed by atoms with van der Waals surface area (Å²) in [6.07, 6.45) is 9.72. The number of carbonyl (C=O) groups is 2. The first-order valence-electron chi connectivity index (χ1n) is 18.8. The molecule has 0 saturated heterocycles. The zero-order chi connectivity index (χ0) is 37.3. The van der Waals surface area contributed by atoms with Gasteiger partial charge in [0.15, 0.2) is 0 Å². The number of nitrogens with one attached hydrogen (secondary N) is 1. The van der Waals surface area contributed by atoms with Crippen LogP contribution in [-0.4, -0.2) is 76.2 Å². The minimum atomic E-state index is -5.58. The van der Waals surface area contributed by atoms with E-state index >= 15 is 0 Å². The summed E-state index contributed by atoms with van der Waals surface area (Å²) in [5, 5.41) is 31.5. The molecule has 290 valence electrons. The quantitative estimate of drug-likeness (QED) is 0.0597. The lowest BCUT2D eigenvalue weighted by atomic mass is 9.43. The molecule has 4 aliphatic carbocycles. The van der Waals surface area contributed by atoms with Crippen LogP contribution in [-0.2, 0) is 23.5 Å². The fraction of sp³-hybridized carbons (Fsp3) is 0.943. The van der Waals surface area contributed by atoms with Gasteiger partial charge in [0.2, 0.25) is 5.91 Å². The maximum atomic E-state index is 13.2. The van der Waals surface area contributed by atoms with Crippen molar-refractivity contribution >= 4 is 27.1 Å². The fourth-order valence-electron chi connectivity index (χ4n) is 11.0. The number of ether oxygens (including phenoxy) is 1. The van der Waals surface area contributed by atoms with Crippen molar-refractivity contribution in [3.05, 3.63) is 0 Å². The summed E-state index contributed by atoms with van der Waals surface area (Å²) in [6, 6.07) is 0. The second kappa shape index (κ2) is 15.8. The minimum absolute atomic E-state index is 0.00435. The topological polar surface area (TPSA) is 231 Å². The smallest absolute Gasteiger partial charge is 0.369 e. The standard InChI is InChI=1S/C35H63NO12P2/c1-5-6-7-8-16-34(4,40)29-11-10-25-24-22-28(27-21-23(37)14-18-32(27,2)26(24)15-19-33(25,29)3)48-31(39)13-12-30(38)36-20-9-17-35(41,49(42,43)44)50(45,46)47/h23-29,37,40-41H,5-22H2,1-4H3,(H,36,38)(H2,42,43,44)(H2,45,46,47)/t23-,24?,25?,26?,27+,28-,29-,32+,33-,34-/m0/s1. The summed E-state index contributed by atoms with van der Waals surface area (Å²) in [6.45, 7) is 8.69. The van der Waals surface area contributed by atoms with Crippen molar-refractivity contribution in [2.24, 2.45) is 40.4 Å². The van der Waals surface area contributed by atoms with Gasteiger partial charge in [-0.3, -0.25) is 18.7 Å². The summed E-state index contributed by atoms with van der Waals surface area (Å²) >= 11 is 0. The second-order valence-electron chi connectivity index (χ2n) is 16.8. The molecule has 4 saturated carbocycles. The summed E-state index contributed by atoms with van der Waals surface area (Å²) in [4.78, 5) is 62.8. The normalized spacial score (nSPS) is 35.7. The molecule has 0 aliphatic heterocycles. The average Bonchev–Trinajstić information content (AvgIpc) is 3.38. The van der Waals surface area contributed by atoms with Gasteiger partial charge in [-0.2, -0.15) is 0 Å². The van der Waals surface area contributed by atoms with Crippen molar-refractivity contribution in [1.82, 2.24) is 5.32 Å². The highest BCUT2D eigenvalue weighted by atomic mass is 31.2. The minimum Gasteiger partial charge on any atom is -0.462 e. The number of aliphatic hydroxyl groups excluding tert-OH is 1. The average molecular weight is 752 g/mol. The predicted molar refractivity (Wildman–Crippen MR) is 186 cm³/mol. The highest BCUT2D eigenvalue weighted by Gasteiger charge is 2.64. The number of amides is 1. The molecule has 4 fully saturated rings. The van der Waals surface area contributed by atoms with Gasteiger partial charge in [-0.15, -0.1) is 0 Å². The third kappa shape index (κ3) is 8.57. The molecule has 0 bridgehead atoms. The van der Waals surface area contributed by atoms with Gasteiger partial charge in [0.1, 0.15) is 6.10 Å². The molecule has 10 atom stereocenters. The van der Waals surface area contributed by atoms with Crippen LogP contribution >= 0.6 is 15.2 Å². The van der Waals surface area contributed by atoms with E-state index in [0.29, 0.717) is 37.0 Å². The lowest BCUT2D eigenvalue weighted by Crippen LogP contribution is -2.59. The number of aliphatic hydroxyl groups is 3. The van der Waals surface area contributed by atoms with Crippen LogP contribution in [0.1, 0.15) is 137 Å². The maximum absolute atomic E-state index is 13.2. The van der Waals surface area contributed by atoms with E-state index in [1.54, 1.807) is 0 Å². The highest BCUT2D eigenvalue weighted by molar-refractivity contribution is 7.72. The first kappa shape index (κ1) is 41.9. The molecule has 15 heteroatoms. The van der Waals surface area contributed by atoms with Gasteiger partial charge in [0.25, 0.3) is 5.08 Å². The molecule has 0 radical (unpaired) electrons. The molecule has 50 heavy (non-hydrogen) atoms. The monoisotopic (exact) mass is 751 g/mol. The number of hydrogen-bond donors (Lipinski definition) is 8. The number of carbonyl (C=O) groups excluding carboxylic acids is 2. The Morgan fingerprint density at radius 3 is 2.10 bits per heavy atom. The molecule has 0 aromatic rings. The first-order valence-corrected chi connectivity index (χ1v) is 22.0. The van der Waals surface area contributed by atoms with Crippen LogP contribution in [0.15, 0.2) is 0 Å². The zero-order valence-corrected chi connectivity index (χ0v) is 32.1. The van der Waals surface area contributed by atoms with Crippen molar-refractivity contribution in [3.8, 4) is 0 Å². The molecule has 4 aliphatic rings. The molecule has 8 N–H and O–H groups in total. The highest BCUT2D eigenvalue weighted by Crippen LogP contribution is 2.70. The van der Waals surface area contributed by atoms with E-state index in [-0.39, 0.29) is 48.5 Å². The van der Waals surface area contributed by atoms with Crippen molar-refractivity contribution in [2.45, 2.75) is 160 Å². The molecular formula is C35H63NO12P2. The molecule has 0 aromatic carbocycles. The maximum Gasteiger partial charge on any atom is 0.369 e. The Morgan fingerprint density at radius 2 is 1.46 bits per heavy atom. The van der Waals surface area contributed by atoms with Crippen LogP contribution < -0.4 is 5.32 Å². The van der Waals surface area contributed by atoms with E-state index in [9.17, 15) is 53.6 Å². The van der Waals surface area contributed by atoms with Crippen molar-refractivity contribution in [1.29, 1.82) is 0 Å². The number of unbranched alkanes of at least 4 members (excludes halogenated alkanes) is 3. The Morgan fingerprint density at radius 1 is 0.820 bits per heavy atom. The van der Waals surface area contributed by atoms with E-state index in [2.05, 4.69) is 26.1 Å². The molecule has 1 amide bonds. The lowest BCUT2D eigenvalue weighted by molar-refractivity contribution is -0.197. The Bertz CT molecular complexity index is 1280. The number of hydrogen-bond acceptors (Lipinski definition) is 8. The van der Waals surface area contributed by atoms with Gasteiger partial charge in [0, 0.05) is 25.3 Å². The molecule has 3 unspecified atom stereocenters. The molecule has 0 spiro atoms. The van der Waals surface area contributed by atoms with E-state index in [1.165, 1.54) is 6.42 Å². The van der Waals surface area contributed by atoms with Crippen LogP contribution in [0, 0.1) is 40.4 Å². The van der Waals surface area contributed by atoms with E-state index in [0.717, 1.165) is 57.8 Å². The van der Waals surface area contributed by atoms with Crippen LogP contribution in [0.2, 0.25) is 0 Å². The van der Waals surface area contributed by atoms with Crippen molar-refractivity contribution in [3.63, 3.8) is 0 Å². The Hall–Kier alpha value is -0.880.